The molecule has 1 aliphatic carbocycles. The van der Waals surface area contributed by atoms with Crippen molar-refractivity contribution >= 4 is 17.7 Å². The lowest BCUT2D eigenvalue weighted by atomic mass is 9.87. The fourth-order valence-electron chi connectivity index (χ4n) is 2.42. The maximum atomic E-state index is 11.8. The predicted molar refractivity (Wildman–Crippen MR) is 67.5 cm³/mol. The number of rotatable bonds is 5. The van der Waals surface area contributed by atoms with Gasteiger partial charge in [-0.3, -0.25) is 9.59 Å². The smallest absolute Gasteiger partial charge is 0.325 e. The first-order valence-corrected chi connectivity index (χ1v) is 6.55. The zero-order chi connectivity index (χ0) is 13.7. The van der Waals surface area contributed by atoms with E-state index in [2.05, 4.69) is 15.6 Å². The molecule has 0 bridgehead atoms. The summed E-state index contributed by atoms with van der Waals surface area (Å²) < 4.78 is 1.18. The fraction of sp³-hybridized carbons (Fsp3) is 0.667. The molecule has 1 aliphatic rings. The van der Waals surface area contributed by atoms with Crippen LogP contribution in [0.2, 0.25) is 0 Å². The Balaban J connectivity index is 1.81. The maximum absolute atomic E-state index is 11.8. The molecule has 0 saturated heterocycles. The Hall–Kier alpha value is -1.92. The van der Waals surface area contributed by atoms with Crippen molar-refractivity contribution < 1.29 is 14.7 Å². The molecule has 7 heteroatoms. The van der Waals surface area contributed by atoms with Crippen LogP contribution in [0.3, 0.4) is 0 Å². The van der Waals surface area contributed by atoms with Gasteiger partial charge in [0.15, 0.2) is 5.82 Å². The van der Waals surface area contributed by atoms with E-state index in [0.29, 0.717) is 18.2 Å². The number of carboxylic acids is 1. The Labute approximate surface area is 111 Å². The number of carboxylic acid groups (broad SMARTS) is 1. The van der Waals surface area contributed by atoms with E-state index in [9.17, 15) is 9.59 Å². The molecule has 2 N–H and O–H groups in total. The number of aliphatic carboxylic acids is 1. The van der Waals surface area contributed by atoms with Crippen LogP contribution in [0.4, 0.5) is 5.82 Å². The highest BCUT2D eigenvalue weighted by molar-refractivity contribution is 5.89. The lowest BCUT2D eigenvalue weighted by molar-refractivity contribution is -0.137. The molecule has 7 nitrogen and oxygen atoms in total. The lowest BCUT2D eigenvalue weighted by Crippen LogP contribution is -2.18. The molecule has 1 amide bonds. The van der Waals surface area contributed by atoms with Gasteiger partial charge in [0.25, 0.3) is 0 Å². The van der Waals surface area contributed by atoms with Crippen molar-refractivity contribution in [2.24, 2.45) is 5.92 Å². The molecule has 2 rings (SSSR count). The largest absolute Gasteiger partial charge is 0.480 e. The SMILES string of the molecule is O=C(O)Cn1cc(NC(=O)CC2CCCCC2)nn1. The maximum Gasteiger partial charge on any atom is 0.325 e. The third-order valence-corrected chi connectivity index (χ3v) is 3.30. The second-order valence-electron chi connectivity index (χ2n) is 4.95. The Morgan fingerprint density at radius 3 is 2.79 bits per heavy atom. The molecule has 0 aromatic carbocycles. The number of hydrogen-bond donors (Lipinski definition) is 2. The van der Waals surface area contributed by atoms with Gasteiger partial charge in [0.1, 0.15) is 6.54 Å². The first-order chi connectivity index (χ1) is 9.13. The van der Waals surface area contributed by atoms with Crippen molar-refractivity contribution in [3.63, 3.8) is 0 Å². The van der Waals surface area contributed by atoms with Crippen LogP contribution in [0, 0.1) is 5.92 Å². The van der Waals surface area contributed by atoms with Gasteiger partial charge in [0.2, 0.25) is 5.91 Å². The van der Waals surface area contributed by atoms with E-state index in [1.165, 1.54) is 30.1 Å². The van der Waals surface area contributed by atoms with Crippen LogP contribution in [-0.4, -0.2) is 32.0 Å². The summed E-state index contributed by atoms with van der Waals surface area (Å²) in [4.78, 5) is 22.3. The molecular formula is C12H18N4O3. The summed E-state index contributed by atoms with van der Waals surface area (Å²) in [5, 5.41) is 18.6. The summed E-state index contributed by atoms with van der Waals surface area (Å²) >= 11 is 0. The average Bonchev–Trinajstić information content (AvgIpc) is 2.76. The number of carbonyl (C=O) groups excluding carboxylic acids is 1. The molecule has 1 heterocycles. The Kier molecular flexibility index (Phi) is 4.48. The minimum Gasteiger partial charge on any atom is -0.480 e. The molecule has 0 atom stereocenters. The van der Waals surface area contributed by atoms with Crippen LogP contribution < -0.4 is 5.32 Å². The van der Waals surface area contributed by atoms with Gasteiger partial charge >= 0.3 is 5.97 Å². The zero-order valence-corrected chi connectivity index (χ0v) is 10.7. The number of nitrogens with one attached hydrogen (secondary N) is 1. The Bertz CT molecular complexity index is 452. The van der Waals surface area contributed by atoms with E-state index < -0.39 is 5.97 Å². The molecule has 19 heavy (non-hydrogen) atoms. The lowest BCUT2D eigenvalue weighted by Gasteiger charge is -2.20. The summed E-state index contributed by atoms with van der Waals surface area (Å²) in [6.07, 6.45) is 7.82. The monoisotopic (exact) mass is 266 g/mol. The van der Waals surface area contributed by atoms with Crippen molar-refractivity contribution in [1.29, 1.82) is 0 Å². The topological polar surface area (TPSA) is 97.1 Å². The van der Waals surface area contributed by atoms with Crippen LogP contribution in [0.25, 0.3) is 0 Å². The molecule has 104 valence electrons. The van der Waals surface area contributed by atoms with E-state index in [1.807, 2.05) is 0 Å². The van der Waals surface area contributed by atoms with Crippen LogP contribution in [0.1, 0.15) is 38.5 Å². The van der Waals surface area contributed by atoms with Gasteiger partial charge in [-0.2, -0.15) is 0 Å². The molecule has 1 aromatic heterocycles. The molecule has 0 radical (unpaired) electrons. The summed E-state index contributed by atoms with van der Waals surface area (Å²) in [5.41, 5.74) is 0. The number of aromatic nitrogens is 3. The van der Waals surface area contributed by atoms with Gasteiger partial charge in [0.05, 0.1) is 6.20 Å². The number of nitrogens with zero attached hydrogens (tertiary/aromatic N) is 3. The van der Waals surface area contributed by atoms with Crippen LogP contribution in [0.15, 0.2) is 6.20 Å². The second kappa shape index (κ2) is 6.31. The number of hydrogen-bond acceptors (Lipinski definition) is 4. The molecule has 1 aromatic rings. The van der Waals surface area contributed by atoms with Gasteiger partial charge in [-0.15, -0.1) is 5.10 Å². The zero-order valence-electron chi connectivity index (χ0n) is 10.7. The number of amides is 1. The first kappa shape index (κ1) is 13.5. The summed E-state index contributed by atoms with van der Waals surface area (Å²) in [6.45, 7) is -0.258. The molecule has 0 aliphatic heterocycles. The predicted octanol–water partition coefficient (Wildman–Crippen LogP) is 1.27. The summed E-state index contributed by atoms with van der Waals surface area (Å²) in [5.74, 6) is -0.302. The highest BCUT2D eigenvalue weighted by Crippen LogP contribution is 2.26. The molecule has 0 spiro atoms. The quantitative estimate of drug-likeness (QED) is 0.836. The fourth-order valence-corrected chi connectivity index (χ4v) is 2.42. The van der Waals surface area contributed by atoms with Crippen LogP contribution in [-0.2, 0) is 16.1 Å². The Morgan fingerprint density at radius 1 is 1.37 bits per heavy atom. The van der Waals surface area contributed by atoms with E-state index in [-0.39, 0.29) is 12.5 Å². The number of anilines is 1. The second-order valence-corrected chi connectivity index (χ2v) is 4.95. The van der Waals surface area contributed by atoms with Crippen LogP contribution in [0.5, 0.6) is 0 Å². The van der Waals surface area contributed by atoms with Gasteiger partial charge in [-0.1, -0.05) is 24.5 Å². The summed E-state index contributed by atoms with van der Waals surface area (Å²) in [7, 11) is 0. The van der Waals surface area contributed by atoms with Crippen molar-refractivity contribution in [3.05, 3.63) is 6.20 Å². The van der Waals surface area contributed by atoms with Gasteiger partial charge in [-0.05, 0) is 18.8 Å². The standard InChI is InChI=1S/C12H18N4O3/c17-11(6-9-4-2-1-3-5-9)13-10-7-16(15-14-10)8-12(18)19/h7,9H,1-6,8H2,(H,13,17)(H,18,19). The van der Waals surface area contributed by atoms with Gasteiger partial charge < -0.3 is 10.4 Å². The molecule has 0 unspecified atom stereocenters. The Morgan fingerprint density at radius 2 is 2.11 bits per heavy atom. The van der Waals surface area contributed by atoms with Gasteiger partial charge in [0, 0.05) is 6.42 Å². The first-order valence-electron chi connectivity index (χ1n) is 6.55. The van der Waals surface area contributed by atoms with E-state index >= 15 is 0 Å². The minimum atomic E-state index is -0.995. The third-order valence-electron chi connectivity index (χ3n) is 3.30. The van der Waals surface area contributed by atoms with Gasteiger partial charge in [-0.25, -0.2) is 4.68 Å². The summed E-state index contributed by atoms with van der Waals surface area (Å²) in [6, 6.07) is 0. The van der Waals surface area contributed by atoms with E-state index in [4.69, 9.17) is 5.11 Å². The minimum absolute atomic E-state index is 0.0747. The van der Waals surface area contributed by atoms with Crippen LogP contribution >= 0.6 is 0 Å². The molecule has 1 saturated carbocycles. The average molecular weight is 266 g/mol. The highest BCUT2D eigenvalue weighted by Gasteiger charge is 2.17. The van der Waals surface area contributed by atoms with Crippen molar-refractivity contribution in [1.82, 2.24) is 15.0 Å². The van der Waals surface area contributed by atoms with Crippen molar-refractivity contribution in [3.8, 4) is 0 Å². The molecule has 1 fully saturated rings. The van der Waals surface area contributed by atoms with E-state index in [1.54, 1.807) is 0 Å². The van der Waals surface area contributed by atoms with Crippen molar-refractivity contribution in [2.75, 3.05) is 5.32 Å². The third kappa shape index (κ3) is 4.35. The number of carbonyl (C=O) groups is 2. The van der Waals surface area contributed by atoms with E-state index in [0.717, 1.165) is 12.8 Å². The highest BCUT2D eigenvalue weighted by atomic mass is 16.4. The van der Waals surface area contributed by atoms with Crippen molar-refractivity contribution in [2.45, 2.75) is 45.1 Å². The normalized spacial score (nSPS) is 16.2. The molecular weight excluding hydrogens is 248 g/mol.